The van der Waals surface area contributed by atoms with Gasteiger partial charge >= 0.3 is 0 Å². The fourth-order valence-corrected chi connectivity index (χ4v) is 3.44. The Kier molecular flexibility index (Phi) is 5.68. The van der Waals surface area contributed by atoms with E-state index in [0.717, 1.165) is 34.3 Å². The van der Waals surface area contributed by atoms with Crippen molar-refractivity contribution in [3.63, 3.8) is 0 Å². The average molecular weight is 369 g/mol. The molecule has 0 fully saturated rings. The molecule has 1 heterocycles. The summed E-state index contributed by atoms with van der Waals surface area (Å²) in [6.07, 6.45) is 4.04. The predicted octanol–water partition coefficient (Wildman–Crippen LogP) is 1.83. The Hall–Kier alpha value is -2.55. The summed E-state index contributed by atoms with van der Waals surface area (Å²) in [6, 6.07) is 4.95. The molecule has 1 aromatic heterocycles. The Morgan fingerprint density at radius 2 is 2.00 bits per heavy atom. The van der Waals surface area contributed by atoms with E-state index in [0.29, 0.717) is 0 Å². The summed E-state index contributed by atoms with van der Waals surface area (Å²) >= 11 is 0. The molecule has 2 aromatic rings. The molecule has 0 aliphatic rings. The lowest BCUT2D eigenvalue weighted by Crippen LogP contribution is -2.47. The number of amides is 1. The van der Waals surface area contributed by atoms with Crippen molar-refractivity contribution >= 4 is 21.6 Å². The normalized spacial score (nSPS) is 12.5. The summed E-state index contributed by atoms with van der Waals surface area (Å²) in [6.45, 7) is 1.52. The van der Waals surface area contributed by atoms with Gasteiger partial charge in [-0.15, -0.1) is 0 Å². The van der Waals surface area contributed by atoms with Crippen LogP contribution in [-0.2, 0) is 21.4 Å². The maximum Gasteiger partial charge on any atom is 0.243 e. The number of benzene rings is 1. The molecule has 1 N–H and O–H groups in total. The van der Waals surface area contributed by atoms with Gasteiger partial charge in [-0.25, -0.2) is 17.2 Å². The van der Waals surface area contributed by atoms with Crippen LogP contribution >= 0.6 is 0 Å². The van der Waals surface area contributed by atoms with Crippen molar-refractivity contribution in [2.45, 2.75) is 19.5 Å². The minimum atomic E-state index is -3.90. The zero-order valence-corrected chi connectivity index (χ0v) is 14.4. The highest BCUT2D eigenvalue weighted by molar-refractivity contribution is 7.92. The molecule has 1 amide bonds. The van der Waals surface area contributed by atoms with Crippen LogP contribution in [-0.4, -0.2) is 31.6 Å². The number of carbonyl (C=O) groups excluding carboxylic acids is 1. The van der Waals surface area contributed by atoms with Crippen LogP contribution < -0.4 is 9.62 Å². The van der Waals surface area contributed by atoms with Crippen molar-refractivity contribution in [2.75, 3.05) is 10.6 Å². The number of carbonyl (C=O) groups is 1. The number of aromatic nitrogens is 1. The molecule has 0 radical (unpaired) electrons. The second-order valence-corrected chi connectivity index (χ2v) is 7.27. The molecule has 0 unspecified atom stereocenters. The standard InChI is InChI=1S/C16H17F2N3O3S/c1-11(16(22)20-10-12-4-3-7-19-9-12)21(25(2,23)24)13-5-6-14(17)15(18)8-13/h3-9,11H,10H2,1-2H3,(H,20,22)/t11-/m1/s1. The van der Waals surface area contributed by atoms with Crippen LogP contribution in [0.4, 0.5) is 14.5 Å². The molecule has 6 nitrogen and oxygen atoms in total. The molecule has 0 aliphatic heterocycles. The minimum absolute atomic E-state index is 0.134. The Morgan fingerprint density at radius 3 is 2.56 bits per heavy atom. The van der Waals surface area contributed by atoms with Gasteiger partial charge in [-0.3, -0.25) is 14.1 Å². The molecular formula is C16H17F2N3O3S. The van der Waals surface area contributed by atoms with Crippen LogP contribution in [0.3, 0.4) is 0 Å². The number of nitrogens with one attached hydrogen (secondary N) is 1. The van der Waals surface area contributed by atoms with Gasteiger partial charge in [0.05, 0.1) is 11.9 Å². The smallest absolute Gasteiger partial charge is 0.243 e. The number of hydrogen-bond donors (Lipinski definition) is 1. The minimum Gasteiger partial charge on any atom is -0.350 e. The van der Waals surface area contributed by atoms with Crippen LogP contribution in [0, 0.1) is 11.6 Å². The maximum absolute atomic E-state index is 13.5. The van der Waals surface area contributed by atoms with E-state index in [9.17, 15) is 22.0 Å². The van der Waals surface area contributed by atoms with Crippen LogP contribution in [0.15, 0.2) is 42.7 Å². The van der Waals surface area contributed by atoms with Gasteiger partial charge in [0.25, 0.3) is 0 Å². The zero-order valence-electron chi connectivity index (χ0n) is 13.6. The topological polar surface area (TPSA) is 79.4 Å². The van der Waals surface area contributed by atoms with Gasteiger partial charge in [0, 0.05) is 25.0 Å². The van der Waals surface area contributed by atoms with Crippen LogP contribution in [0.25, 0.3) is 0 Å². The van der Waals surface area contributed by atoms with E-state index in [1.807, 2.05) is 0 Å². The first-order valence-electron chi connectivity index (χ1n) is 7.31. The Balaban J connectivity index is 2.22. The molecule has 2 rings (SSSR count). The second kappa shape index (κ2) is 7.56. The molecule has 1 atom stereocenters. The molecule has 0 spiro atoms. The number of pyridine rings is 1. The summed E-state index contributed by atoms with van der Waals surface area (Å²) in [4.78, 5) is 16.2. The highest BCUT2D eigenvalue weighted by atomic mass is 32.2. The third-order valence-corrected chi connectivity index (χ3v) is 4.68. The van der Waals surface area contributed by atoms with Gasteiger partial charge in [-0.2, -0.15) is 0 Å². The van der Waals surface area contributed by atoms with E-state index >= 15 is 0 Å². The first-order chi connectivity index (χ1) is 11.7. The number of nitrogens with zero attached hydrogens (tertiary/aromatic N) is 2. The van der Waals surface area contributed by atoms with Crippen molar-refractivity contribution in [3.8, 4) is 0 Å². The fourth-order valence-electron chi connectivity index (χ4n) is 2.27. The summed E-state index contributed by atoms with van der Waals surface area (Å²) in [7, 11) is -3.90. The van der Waals surface area contributed by atoms with Crippen molar-refractivity contribution in [2.24, 2.45) is 0 Å². The van der Waals surface area contributed by atoms with Gasteiger partial charge in [0.15, 0.2) is 11.6 Å². The number of sulfonamides is 1. The van der Waals surface area contributed by atoms with Crippen molar-refractivity contribution < 1.29 is 22.0 Å². The molecule has 1 aromatic carbocycles. The number of hydrogen-bond acceptors (Lipinski definition) is 4. The largest absolute Gasteiger partial charge is 0.350 e. The van der Waals surface area contributed by atoms with Crippen molar-refractivity contribution in [3.05, 3.63) is 59.9 Å². The van der Waals surface area contributed by atoms with E-state index < -0.39 is 33.6 Å². The predicted molar refractivity (Wildman–Crippen MR) is 89.2 cm³/mol. The maximum atomic E-state index is 13.5. The first kappa shape index (κ1) is 18.8. The fraction of sp³-hybridized carbons (Fsp3) is 0.250. The number of anilines is 1. The Labute approximate surface area is 144 Å². The first-order valence-corrected chi connectivity index (χ1v) is 9.16. The zero-order chi connectivity index (χ0) is 18.6. The third-order valence-electron chi connectivity index (χ3n) is 3.44. The lowest BCUT2D eigenvalue weighted by molar-refractivity contribution is -0.122. The van der Waals surface area contributed by atoms with E-state index in [1.54, 1.807) is 24.5 Å². The highest BCUT2D eigenvalue weighted by Crippen LogP contribution is 2.23. The second-order valence-electron chi connectivity index (χ2n) is 5.41. The van der Waals surface area contributed by atoms with Crippen molar-refractivity contribution in [1.29, 1.82) is 0 Å². The van der Waals surface area contributed by atoms with E-state index in [1.165, 1.54) is 6.92 Å². The van der Waals surface area contributed by atoms with Gasteiger partial charge < -0.3 is 5.32 Å². The summed E-state index contributed by atoms with van der Waals surface area (Å²) < 4.78 is 51.4. The average Bonchev–Trinajstić information content (AvgIpc) is 2.55. The molecule has 9 heteroatoms. The quantitative estimate of drug-likeness (QED) is 0.843. The van der Waals surface area contributed by atoms with E-state index in [2.05, 4.69) is 10.3 Å². The van der Waals surface area contributed by atoms with E-state index in [4.69, 9.17) is 0 Å². The lowest BCUT2D eigenvalue weighted by Gasteiger charge is -2.28. The molecule has 134 valence electrons. The molecule has 0 saturated heterocycles. The highest BCUT2D eigenvalue weighted by Gasteiger charge is 2.29. The van der Waals surface area contributed by atoms with Gasteiger partial charge in [0.2, 0.25) is 15.9 Å². The van der Waals surface area contributed by atoms with Gasteiger partial charge in [-0.05, 0) is 30.7 Å². The van der Waals surface area contributed by atoms with Crippen LogP contribution in [0.1, 0.15) is 12.5 Å². The monoisotopic (exact) mass is 369 g/mol. The SMILES string of the molecule is C[C@H](C(=O)NCc1cccnc1)N(c1ccc(F)c(F)c1)S(C)(=O)=O. The number of rotatable bonds is 6. The Morgan fingerprint density at radius 1 is 1.28 bits per heavy atom. The lowest BCUT2D eigenvalue weighted by atomic mass is 10.2. The van der Waals surface area contributed by atoms with Gasteiger partial charge in [0.1, 0.15) is 6.04 Å². The van der Waals surface area contributed by atoms with Crippen molar-refractivity contribution in [1.82, 2.24) is 10.3 Å². The van der Waals surface area contributed by atoms with Crippen LogP contribution in [0.5, 0.6) is 0 Å². The molecule has 0 saturated carbocycles. The van der Waals surface area contributed by atoms with Crippen LogP contribution in [0.2, 0.25) is 0 Å². The molecule has 0 bridgehead atoms. The molecule has 25 heavy (non-hydrogen) atoms. The van der Waals surface area contributed by atoms with Gasteiger partial charge in [-0.1, -0.05) is 6.07 Å². The Bertz CT molecular complexity index is 860. The van der Waals surface area contributed by atoms with E-state index in [-0.39, 0.29) is 12.2 Å². The summed E-state index contributed by atoms with van der Waals surface area (Å²) in [5.41, 5.74) is 0.604. The number of halogens is 2. The third kappa shape index (κ3) is 4.72. The molecule has 0 aliphatic carbocycles. The molecular weight excluding hydrogens is 352 g/mol. The summed E-state index contributed by atoms with van der Waals surface area (Å²) in [5.74, 6) is -2.89. The summed E-state index contributed by atoms with van der Waals surface area (Å²) in [5, 5.41) is 2.59.